The SMILES string of the molecule is O=S(=O)(CCN1CCNCC1)N1CCCCC1CO. The van der Waals surface area contributed by atoms with E-state index in [0.29, 0.717) is 13.1 Å². The number of hydrogen-bond donors (Lipinski definition) is 2. The van der Waals surface area contributed by atoms with Gasteiger partial charge in [-0.25, -0.2) is 8.42 Å². The predicted molar refractivity (Wildman–Crippen MR) is 74.5 cm³/mol. The first-order valence-electron chi connectivity index (χ1n) is 7.17. The van der Waals surface area contributed by atoms with Gasteiger partial charge in [-0.2, -0.15) is 4.31 Å². The van der Waals surface area contributed by atoms with Gasteiger partial charge in [0.15, 0.2) is 0 Å². The lowest BCUT2D eigenvalue weighted by Gasteiger charge is -2.34. The van der Waals surface area contributed by atoms with Crippen molar-refractivity contribution >= 4 is 10.0 Å². The number of rotatable bonds is 5. The first-order valence-corrected chi connectivity index (χ1v) is 8.78. The quantitative estimate of drug-likeness (QED) is 0.684. The maximum absolute atomic E-state index is 12.4. The number of sulfonamides is 1. The number of nitrogens with one attached hydrogen (secondary N) is 1. The Kier molecular flexibility index (Phi) is 5.58. The summed E-state index contributed by atoms with van der Waals surface area (Å²) in [5.41, 5.74) is 0. The first-order chi connectivity index (χ1) is 9.13. The van der Waals surface area contributed by atoms with Crippen LogP contribution in [0.2, 0.25) is 0 Å². The van der Waals surface area contributed by atoms with E-state index in [1.54, 1.807) is 0 Å². The van der Waals surface area contributed by atoms with Crippen LogP contribution in [0.1, 0.15) is 19.3 Å². The molecule has 2 heterocycles. The van der Waals surface area contributed by atoms with Crippen LogP contribution in [0.4, 0.5) is 0 Å². The molecule has 1 atom stereocenters. The summed E-state index contributed by atoms with van der Waals surface area (Å²) in [7, 11) is -3.23. The molecule has 0 aliphatic carbocycles. The fourth-order valence-electron chi connectivity index (χ4n) is 2.82. The zero-order valence-corrected chi connectivity index (χ0v) is 12.2. The Morgan fingerprint density at radius 3 is 2.58 bits per heavy atom. The lowest BCUT2D eigenvalue weighted by Crippen LogP contribution is -2.49. The Labute approximate surface area is 115 Å². The van der Waals surface area contributed by atoms with Crippen molar-refractivity contribution < 1.29 is 13.5 Å². The largest absolute Gasteiger partial charge is 0.395 e. The molecule has 0 spiro atoms. The van der Waals surface area contributed by atoms with Crippen molar-refractivity contribution in [3.63, 3.8) is 0 Å². The summed E-state index contributed by atoms with van der Waals surface area (Å²) in [6, 6.07) is -0.207. The lowest BCUT2D eigenvalue weighted by atomic mass is 10.1. The summed E-state index contributed by atoms with van der Waals surface area (Å²) in [5.74, 6) is 0.170. The van der Waals surface area contributed by atoms with E-state index in [0.717, 1.165) is 45.4 Å². The normalized spacial score (nSPS) is 27.5. The molecule has 2 aliphatic heterocycles. The van der Waals surface area contributed by atoms with Crippen LogP contribution in [0.25, 0.3) is 0 Å². The number of piperazine rings is 1. The van der Waals surface area contributed by atoms with Crippen molar-refractivity contribution in [3.8, 4) is 0 Å². The van der Waals surface area contributed by atoms with Crippen LogP contribution in [-0.4, -0.2) is 80.4 Å². The van der Waals surface area contributed by atoms with Crippen LogP contribution >= 0.6 is 0 Å². The van der Waals surface area contributed by atoms with Crippen molar-refractivity contribution in [2.24, 2.45) is 0 Å². The molecule has 0 aromatic rings. The predicted octanol–water partition coefficient (Wildman–Crippen LogP) is -0.932. The van der Waals surface area contributed by atoms with Crippen molar-refractivity contribution in [3.05, 3.63) is 0 Å². The average Bonchev–Trinajstić information content (AvgIpc) is 2.46. The van der Waals surface area contributed by atoms with Gasteiger partial charge in [0.1, 0.15) is 0 Å². The van der Waals surface area contributed by atoms with Gasteiger partial charge >= 0.3 is 0 Å². The smallest absolute Gasteiger partial charge is 0.215 e. The van der Waals surface area contributed by atoms with Crippen LogP contribution in [0, 0.1) is 0 Å². The molecule has 7 heteroatoms. The fraction of sp³-hybridized carbons (Fsp3) is 1.00. The molecular formula is C12H25N3O3S. The Balaban J connectivity index is 1.89. The molecule has 2 saturated heterocycles. The topological polar surface area (TPSA) is 72.9 Å². The van der Waals surface area contributed by atoms with Gasteiger partial charge in [-0.3, -0.25) is 4.90 Å². The van der Waals surface area contributed by atoms with E-state index in [9.17, 15) is 13.5 Å². The number of aliphatic hydroxyl groups excluding tert-OH is 1. The molecule has 1 unspecified atom stereocenters. The van der Waals surface area contributed by atoms with Gasteiger partial charge in [0.05, 0.1) is 12.4 Å². The van der Waals surface area contributed by atoms with Gasteiger partial charge in [0.2, 0.25) is 10.0 Å². The lowest BCUT2D eigenvalue weighted by molar-refractivity contribution is 0.154. The molecule has 0 radical (unpaired) electrons. The Hall–Kier alpha value is -0.210. The summed E-state index contributed by atoms with van der Waals surface area (Å²) >= 11 is 0. The molecule has 0 amide bonds. The minimum Gasteiger partial charge on any atom is -0.395 e. The maximum Gasteiger partial charge on any atom is 0.215 e. The van der Waals surface area contributed by atoms with E-state index in [4.69, 9.17) is 0 Å². The standard InChI is InChI=1S/C12H25N3O3S/c16-11-12-3-1-2-6-15(12)19(17,18)10-9-14-7-4-13-5-8-14/h12-13,16H,1-11H2. The zero-order valence-electron chi connectivity index (χ0n) is 11.4. The number of aliphatic hydroxyl groups is 1. The van der Waals surface area contributed by atoms with E-state index < -0.39 is 10.0 Å². The molecule has 112 valence electrons. The van der Waals surface area contributed by atoms with Crippen LogP contribution in [0.3, 0.4) is 0 Å². The van der Waals surface area contributed by atoms with Crippen LogP contribution in [-0.2, 0) is 10.0 Å². The highest BCUT2D eigenvalue weighted by Gasteiger charge is 2.31. The van der Waals surface area contributed by atoms with Gasteiger partial charge in [-0.05, 0) is 12.8 Å². The zero-order chi connectivity index (χ0) is 13.7. The summed E-state index contributed by atoms with van der Waals surface area (Å²) in [5, 5.41) is 12.6. The molecule has 2 rings (SSSR count). The molecule has 0 bridgehead atoms. The van der Waals surface area contributed by atoms with Crippen LogP contribution in [0.5, 0.6) is 0 Å². The molecule has 19 heavy (non-hydrogen) atoms. The summed E-state index contributed by atoms with van der Waals surface area (Å²) in [4.78, 5) is 2.19. The molecule has 2 N–H and O–H groups in total. The van der Waals surface area contributed by atoms with Crippen LogP contribution < -0.4 is 5.32 Å². The molecule has 2 aliphatic rings. The fourth-order valence-corrected chi connectivity index (χ4v) is 4.58. The molecule has 2 fully saturated rings. The third kappa shape index (κ3) is 4.13. The van der Waals surface area contributed by atoms with Crippen molar-refractivity contribution in [2.45, 2.75) is 25.3 Å². The Morgan fingerprint density at radius 2 is 1.89 bits per heavy atom. The summed E-state index contributed by atoms with van der Waals surface area (Å²) < 4.78 is 26.3. The number of hydrogen-bond acceptors (Lipinski definition) is 5. The van der Waals surface area contributed by atoms with E-state index in [1.165, 1.54) is 4.31 Å². The second-order valence-electron chi connectivity index (χ2n) is 5.35. The molecule has 0 aromatic carbocycles. The van der Waals surface area contributed by atoms with Crippen molar-refractivity contribution in [1.82, 2.24) is 14.5 Å². The van der Waals surface area contributed by atoms with Gasteiger partial charge in [0.25, 0.3) is 0 Å². The number of nitrogens with zero attached hydrogens (tertiary/aromatic N) is 2. The molecule has 0 aromatic heterocycles. The molecule has 6 nitrogen and oxygen atoms in total. The van der Waals surface area contributed by atoms with Gasteiger partial charge in [-0.15, -0.1) is 0 Å². The maximum atomic E-state index is 12.4. The minimum absolute atomic E-state index is 0.0626. The second kappa shape index (κ2) is 6.99. The number of piperidine rings is 1. The first kappa shape index (κ1) is 15.2. The summed E-state index contributed by atoms with van der Waals surface area (Å²) in [6.07, 6.45) is 2.70. The van der Waals surface area contributed by atoms with Crippen LogP contribution in [0.15, 0.2) is 0 Å². The van der Waals surface area contributed by atoms with Crippen molar-refractivity contribution in [1.29, 1.82) is 0 Å². The molecule has 0 saturated carbocycles. The van der Waals surface area contributed by atoms with E-state index in [2.05, 4.69) is 10.2 Å². The van der Waals surface area contributed by atoms with E-state index in [-0.39, 0.29) is 18.4 Å². The third-order valence-corrected chi connectivity index (χ3v) is 5.91. The monoisotopic (exact) mass is 291 g/mol. The summed E-state index contributed by atoms with van der Waals surface area (Å²) in [6.45, 7) is 4.80. The van der Waals surface area contributed by atoms with Gasteiger partial charge in [-0.1, -0.05) is 6.42 Å². The van der Waals surface area contributed by atoms with Gasteiger partial charge < -0.3 is 10.4 Å². The molecular weight excluding hydrogens is 266 g/mol. The van der Waals surface area contributed by atoms with E-state index >= 15 is 0 Å². The van der Waals surface area contributed by atoms with Gasteiger partial charge in [0, 0.05) is 45.3 Å². The highest BCUT2D eigenvalue weighted by Crippen LogP contribution is 2.20. The minimum atomic E-state index is -3.23. The third-order valence-electron chi connectivity index (χ3n) is 4.02. The highest BCUT2D eigenvalue weighted by molar-refractivity contribution is 7.89. The van der Waals surface area contributed by atoms with Crippen molar-refractivity contribution in [2.75, 3.05) is 51.6 Å². The van der Waals surface area contributed by atoms with E-state index in [1.807, 2.05) is 0 Å². The second-order valence-corrected chi connectivity index (χ2v) is 7.39. The Bertz CT molecular complexity index is 368. The highest BCUT2D eigenvalue weighted by atomic mass is 32.2. The Morgan fingerprint density at radius 1 is 1.16 bits per heavy atom. The average molecular weight is 291 g/mol.